The van der Waals surface area contributed by atoms with E-state index in [4.69, 9.17) is 4.74 Å². The first-order valence-electron chi connectivity index (χ1n) is 10.2. The lowest BCUT2D eigenvalue weighted by molar-refractivity contribution is 0.294. The minimum Gasteiger partial charge on any atom is -0.485 e. The predicted octanol–water partition coefficient (Wildman–Crippen LogP) is 2.29. The second kappa shape index (κ2) is 9.15. The van der Waals surface area contributed by atoms with Gasteiger partial charge in [-0.2, -0.15) is 0 Å². The molecule has 7 heteroatoms. The fourth-order valence-corrected chi connectivity index (χ4v) is 3.71. The van der Waals surface area contributed by atoms with Crippen molar-refractivity contribution >= 4 is 10.9 Å². The molecule has 152 valence electrons. The monoisotopic (exact) mass is 393 g/mol. The van der Waals surface area contributed by atoms with Crippen LogP contribution in [0.1, 0.15) is 29.9 Å². The third-order valence-corrected chi connectivity index (χ3v) is 5.39. The summed E-state index contributed by atoms with van der Waals surface area (Å²) in [6, 6.07) is 9.50. The van der Waals surface area contributed by atoms with Crippen LogP contribution < -0.4 is 20.9 Å². The lowest BCUT2D eigenvalue weighted by atomic mass is 9.98. The lowest BCUT2D eigenvalue weighted by Crippen LogP contribution is -2.33. The standard InChI is InChI=1S/C22H27N5O2/c1-15-4-2-3-5-19(15)29-14-20-26-21-17(22(28)27-20)8-11-25-18(21)13-24-12-16-6-9-23-10-7-16/h2-5,8,11,16,23-24H,6-7,9-10,12-14H2,1H3,(H,26,27,28). The number of pyridine rings is 1. The van der Waals surface area contributed by atoms with Crippen LogP contribution in [-0.4, -0.2) is 34.6 Å². The number of benzene rings is 1. The maximum atomic E-state index is 12.5. The number of nitrogens with one attached hydrogen (secondary N) is 3. The predicted molar refractivity (Wildman–Crippen MR) is 113 cm³/mol. The molecule has 1 saturated heterocycles. The third-order valence-electron chi connectivity index (χ3n) is 5.39. The van der Waals surface area contributed by atoms with E-state index in [2.05, 4.69) is 25.6 Å². The molecule has 0 saturated carbocycles. The van der Waals surface area contributed by atoms with Gasteiger partial charge in [0.1, 0.15) is 23.7 Å². The fraction of sp³-hybridized carbons (Fsp3) is 0.409. The van der Waals surface area contributed by atoms with Crippen molar-refractivity contribution in [2.75, 3.05) is 19.6 Å². The molecule has 3 aromatic rings. The van der Waals surface area contributed by atoms with Crippen molar-refractivity contribution in [2.24, 2.45) is 5.92 Å². The van der Waals surface area contributed by atoms with Gasteiger partial charge in [0.25, 0.3) is 5.56 Å². The molecule has 4 rings (SSSR count). The molecule has 1 fully saturated rings. The smallest absolute Gasteiger partial charge is 0.258 e. The van der Waals surface area contributed by atoms with Crippen molar-refractivity contribution in [2.45, 2.75) is 32.9 Å². The molecule has 1 aromatic carbocycles. The van der Waals surface area contributed by atoms with Gasteiger partial charge in [-0.15, -0.1) is 0 Å². The van der Waals surface area contributed by atoms with Crippen LogP contribution in [0.15, 0.2) is 41.3 Å². The normalized spacial score (nSPS) is 14.9. The molecule has 0 aliphatic carbocycles. The van der Waals surface area contributed by atoms with Gasteiger partial charge in [0.15, 0.2) is 0 Å². The zero-order valence-corrected chi connectivity index (χ0v) is 16.7. The van der Waals surface area contributed by atoms with Gasteiger partial charge in [0.05, 0.1) is 11.1 Å². The SMILES string of the molecule is Cc1ccccc1OCc1nc2c(CNCC3CCNCC3)nccc2c(=O)[nH]1. The summed E-state index contributed by atoms with van der Waals surface area (Å²) in [7, 11) is 0. The Labute approximate surface area is 169 Å². The lowest BCUT2D eigenvalue weighted by Gasteiger charge is -2.22. The van der Waals surface area contributed by atoms with Gasteiger partial charge < -0.3 is 20.4 Å². The first-order chi connectivity index (χ1) is 14.2. The van der Waals surface area contributed by atoms with E-state index >= 15 is 0 Å². The van der Waals surface area contributed by atoms with Crippen molar-refractivity contribution in [3.05, 3.63) is 64.0 Å². The molecule has 3 N–H and O–H groups in total. The molecule has 0 bridgehead atoms. The van der Waals surface area contributed by atoms with Crippen molar-refractivity contribution in [3.8, 4) is 5.75 Å². The highest BCUT2D eigenvalue weighted by atomic mass is 16.5. The van der Waals surface area contributed by atoms with Crippen LogP contribution in [0, 0.1) is 12.8 Å². The molecule has 0 unspecified atom stereocenters. The molecule has 7 nitrogen and oxygen atoms in total. The van der Waals surface area contributed by atoms with Crippen molar-refractivity contribution in [1.82, 2.24) is 25.6 Å². The molecule has 1 aliphatic heterocycles. The summed E-state index contributed by atoms with van der Waals surface area (Å²) in [5.41, 5.74) is 2.30. The van der Waals surface area contributed by atoms with Gasteiger partial charge in [-0.25, -0.2) is 4.98 Å². The zero-order chi connectivity index (χ0) is 20.1. The largest absolute Gasteiger partial charge is 0.485 e. The van der Waals surface area contributed by atoms with Gasteiger partial charge >= 0.3 is 0 Å². The molecule has 3 heterocycles. The number of para-hydroxylation sites is 1. The third kappa shape index (κ3) is 4.81. The molecular formula is C22H27N5O2. The number of aromatic nitrogens is 3. The maximum Gasteiger partial charge on any atom is 0.258 e. The zero-order valence-electron chi connectivity index (χ0n) is 16.7. The van der Waals surface area contributed by atoms with Gasteiger partial charge in [0, 0.05) is 12.7 Å². The minimum absolute atomic E-state index is 0.166. The number of nitrogens with zero attached hydrogens (tertiary/aromatic N) is 2. The molecule has 0 spiro atoms. The van der Waals surface area contributed by atoms with E-state index in [0.29, 0.717) is 29.2 Å². The number of ether oxygens (including phenoxy) is 1. The van der Waals surface area contributed by atoms with Crippen LogP contribution in [0.4, 0.5) is 0 Å². The van der Waals surface area contributed by atoms with Crippen molar-refractivity contribution in [1.29, 1.82) is 0 Å². The number of hydrogen-bond acceptors (Lipinski definition) is 6. The van der Waals surface area contributed by atoms with E-state index in [9.17, 15) is 4.79 Å². The summed E-state index contributed by atoms with van der Waals surface area (Å²) >= 11 is 0. The summed E-state index contributed by atoms with van der Waals surface area (Å²) in [5.74, 6) is 1.96. The van der Waals surface area contributed by atoms with Crippen molar-refractivity contribution in [3.63, 3.8) is 0 Å². The second-order valence-electron chi connectivity index (χ2n) is 7.54. The molecule has 2 aromatic heterocycles. The van der Waals surface area contributed by atoms with Crippen LogP contribution in [0.25, 0.3) is 10.9 Å². The highest BCUT2D eigenvalue weighted by Gasteiger charge is 2.14. The fourth-order valence-electron chi connectivity index (χ4n) is 3.71. The van der Waals surface area contributed by atoms with Crippen LogP contribution in [0.3, 0.4) is 0 Å². The minimum atomic E-state index is -0.166. The van der Waals surface area contributed by atoms with E-state index in [1.165, 1.54) is 12.8 Å². The number of piperidine rings is 1. The summed E-state index contributed by atoms with van der Waals surface area (Å²) in [6.07, 6.45) is 4.05. The molecule has 29 heavy (non-hydrogen) atoms. The van der Waals surface area contributed by atoms with Crippen LogP contribution >= 0.6 is 0 Å². The van der Waals surface area contributed by atoms with Crippen molar-refractivity contribution < 1.29 is 4.74 Å². The average Bonchev–Trinajstić information content (AvgIpc) is 2.74. The number of rotatable bonds is 7. The van der Waals surface area contributed by atoms with Gasteiger partial charge in [-0.1, -0.05) is 18.2 Å². The summed E-state index contributed by atoms with van der Waals surface area (Å²) in [6.45, 7) is 5.90. The summed E-state index contributed by atoms with van der Waals surface area (Å²) < 4.78 is 5.85. The van der Waals surface area contributed by atoms with Gasteiger partial charge in [-0.3, -0.25) is 9.78 Å². The highest BCUT2D eigenvalue weighted by Crippen LogP contribution is 2.18. The molecule has 0 radical (unpaired) electrons. The number of H-pyrrole nitrogens is 1. The van der Waals surface area contributed by atoms with Crippen LogP contribution in [0.2, 0.25) is 0 Å². The first-order valence-corrected chi connectivity index (χ1v) is 10.2. The number of aromatic amines is 1. The summed E-state index contributed by atoms with van der Waals surface area (Å²) in [5, 5.41) is 7.43. The van der Waals surface area contributed by atoms with E-state index in [1.807, 2.05) is 31.2 Å². The van der Waals surface area contributed by atoms with Crippen LogP contribution in [-0.2, 0) is 13.2 Å². The van der Waals surface area contributed by atoms with Gasteiger partial charge in [0.2, 0.25) is 0 Å². The number of fused-ring (bicyclic) bond motifs is 1. The number of aryl methyl sites for hydroxylation is 1. The Morgan fingerprint density at radius 1 is 1.21 bits per heavy atom. The average molecular weight is 393 g/mol. The Kier molecular flexibility index (Phi) is 6.17. The first kappa shape index (κ1) is 19.5. The Balaban J connectivity index is 1.49. The molecular weight excluding hydrogens is 366 g/mol. The maximum absolute atomic E-state index is 12.5. The quantitative estimate of drug-likeness (QED) is 0.570. The highest BCUT2D eigenvalue weighted by molar-refractivity contribution is 5.79. The van der Waals surface area contributed by atoms with Crippen LogP contribution in [0.5, 0.6) is 5.75 Å². The molecule has 0 amide bonds. The Hall–Kier alpha value is -2.77. The Morgan fingerprint density at radius 3 is 2.86 bits per heavy atom. The topological polar surface area (TPSA) is 91.9 Å². The Bertz CT molecular complexity index is 1030. The molecule has 0 atom stereocenters. The molecule has 1 aliphatic rings. The van der Waals surface area contributed by atoms with Gasteiger partial charge in [-0.05, 0) is 63.0 Å². The summed E-state index contributed by atoms with van der Waals surface area (Å²) in [4.78, 5) is 24.5. The number of hydrogen-bond donors (Lipinski definition) is 3. The van der Waals surface area contributed by atoms with E-state index < -0.39 is 0 Å². The van der Waals surface area contributed by atoms with E-state index in [-0.39, 0.29) is 12.2 Å². The van der Waals surface area contributed by atoms with E-state index in [0.717, 1.165) is 36.6 Å². The Morgan fingerprint density at radius 2 is 2.03 bits per heavy atom. The van der Waals surface area contributed by atoms with E-state index in [1.54, 1.807) is 12.3 Å². The second-order valence-corrected chi connectivity index (χ2v) is 7.54.